The number of ether oxygens (including phenoxy) is 1. The van der Waals surface area contributed by atoms with E-state index in [4.69, 9.17) is 4.74 Å². The third-order valence-corrected chi connectivity index (χ3v) is 2.42. The molecule has 0 saturated heterocycles. The summed E-state index contributed by atoms with van der Waals surface area (Å²) in [6, 6.07) is 8.08. The molecule has 0 spiro atoms. The lowest BCUT2D eigenvalue weighted by Gasteiger charge is -2.07. The normalized spacial score (nSPS) is 10.6. The van der Waals surface area contributed by atoms with Crippen LogP contribution in [-0.2, 0) is 22.7 Å². The second-order valence-corrected chi connectivity index (χ2v) is 4.62. The molecule has 1 rings (SSSR count). The molecule has 0 saturated carbocycles. The van der Waals surface area contributed by atoms with Crippen molar-refractivity contribution in [3.63, 3.8) is 0 Å². The van der Waals surface area contributed by atoms with E-state index >= 15 is 0 Å². The fraction of sp³-hybridized carbons (Fsp3) is 0.500. The summed E-state index contributed by atoms with van der Waals surface area (Å²) in [5.74, 6) is 0.514. The zero-order valence-corrected chi connectivity index (χ0v) is 10.8. The van der Waals surface area contributed by atoms with Crippen LogP contribution in [0.25, 0.3) is 0 Å². The van der Waals surface area contributed by atoms with E-state index in [2.05, 4.69) is 5.32 Å². The van der Waals surface area contributed by atoms with E-state index < -0.39 is 0 Å². The Balaban J connectivity index is 2.39. The molecular formula is C14H21NO2. The first kappa shape index (κ1) is 13.7. The SMILES string of the molecule is COCc1ccc(CNC(=O)CC(C)C)cc1. The molecule has 0 aliphatic rings. The molecular weight excluding hydrogens is 214 g/mol. The molecule has 0 heterocycles. The highest BCUT2D eigenvalue weighted by atomic mass is 16.5. The smallest absolute Gasteiger partial charge is 0.220 e. The molecule has 0 aromatic heterocycles. The van der Waals surface area contributed by atoms with Crippen molar-refractivity contribution in [1.82, 2.24) is 5.32 Å². The Morgan fingerprint density at radius 1 is 1.24 bits per heavy atom. The van der Waals surface area contributed by atoms with E-state index in [0.717, 1.165) is 11.1 Å². The number of carbonyl (C=O) groups is 1. The third-order valence-electron chi connectivity index (χ3n) is 2.42. The van der Waals surface area contributed by atoms with Crippen molar-refractivity contribution in [2.75, 3.05) is 7.11 Å². The highest BCUT2D eigenvalue weighted by Gasteiger charge is 2.04. The lowest BCUT2D eigenvalue weighted by atomic mass is 10.1. The minimum absolute atomic E-state index is 0.112. The van der Waals surface area contributed by atoms with Crippen molar-refractivity contribution in [3.05, 3.63) is 35.4 Å². The van der Waals surface area contributed by atoms with Crippen molar-refractivity contribution < 1.29 is 9.53 Å². The molecule has 1 aromatic carbocycles. The van der Waals surface area contributed by atoms with Crippen LogP contribution >= 0.6 is 0 Å². The molecule has 1 N–H and O–H groups in total. The Bertz CT molecular complexity index is 344. The minimum atomic E-state index is 0.112. The van der Waals surface area contributed by atoms with Crippen LogP contribution in [-0.4, -0.2) is 13.0 Å². The zero-order chi connectivity index (χ0) is 12.7. The molecule has 0 bridgehead atoms. The Hall–Kier alpha value is -1.35. The highest BCUT2D eigenvalue weighted by molar-refractivity contribution is 5.76. The van der Waals surface area contributed by atoms with Gasteiger partial charge in [0.2, 0.25) is 5.91 Å². The first-order valence-electron chi connectivity index (χ1n) is 5.95. The van der Waals surface area contributed by atoms with Gasteiger partial charge in [-0.05, 0) is 17.0 Å². The van der Waals surface area contributed by atoms with Crippen LogP contribution in [0.15, 0.2) is 24.3 Å². The molecule has 0 aliphatic heterocycles. The average molecular weight is 235 g/mol. The standard InChI is InChI=1S/C14H21NO2/c1-11(2)8-14(16)15-9-12-4-6-13(7-5-12)10-17-3/h4-7,11H,8-10H2,1-3H3,(H,15,16). The predicted molar refractivity (Wildman–Crippen MR) is 68.5 cm³/mol. The van der Waals surface area contributed by atoms with Gasteiger partial charge in [-0.25, -0.2) is 0 Å². The van der Waals surface area contributed by atoms with Crippen LogP contribution < -0.4 is 5.32 Å². The summed E-state index contributed by atoms with van der Waals surface area (Å²) in [7, 11) is 1.68. The summed E-state index contributed by atoms with van der Waals surface area (Å²) in [5.41, 5.74) is 2.26. The molecule has 0 radical (unpaired) electrons. The van der Waals surface area contributed by atoms with Gasteiger partial charge in [0.1, 0.15) is 0 Å². The second kappa shape index (κ2) is 7.07. The Labute approximate surface area is 103 Å². The minimum Gasteiger partial charge on any atom is -0.380 e. The van der Waals surface area contributed by atoms with E-state index in [1.54, 1.807) is 7.11 Å². The average Bonchev–Trinajstić information content (AvgIpc) is 2.28. The van der Waals surface area contributed by atoms with E-state index in [-0.39, 0.29) is 5.91 Å². The largest absolute Gasteiger partial charge is 0.380 e. The van der Waals surface area contributed by atoms with Crippen LogP contribution in [0, 0.1) is 5.92 Å². The summed E-state index contributed by atoms with van der Waals surface area (Å²) >= 11 is 0. The van der Waals surface area contributed by atoms with Crippen LogP contribution in [0.3, 0.4) is 0 Å². The number of rotatable bonds is 6. The van der Waals surface area contributed by atoms with Crippen molar-refractivity contribution >= 4 is 5.91 Å². The molecule has 0 fully saturated rings. The molecule has 0 aliphatic carbocycles. The molecule has 3 heteroatoms. The number of nitrogens with one attached hydrogen (secondary N) is 1. The van der Waals surface area contributed by atoms with E-state index in [0.29, 0.717) is 25.5 Å². The first-order chi connectivity index (χ1) is 8.11. The van der Waals surface area contributed by atoms with E-state index in [1.807, 2.05) is 38.1 Å². The predicted octanol–water partition coefficient (Wildman–Crippen LogP) is 2.50. The van der Waals surface area contributed by atoms with Crippen molar-refractivity contribution in [3.8, 4) is 0 Å². The van der Waals surface area contributed by atoms with Gasteiger partial charge in [-0.1, -0.05) is 38.1 Å². The van der Waals surface area contributed by atoms with Crippen LogP contribution in [0.4, 0.5) is 0 Å². The maximum absolute atomic E-state index is 11.5. The van der Waals surface area contributed by atoms with Crippen LogP contribution in [0.2, 0.25) is 0 Å². The fourth-order valence-corrected chi connectivity index (χ4v) is 1.56. The first-order valence-corrected chi connectivity index (χ1v) is 5.95. The maximum Gasteiger partial charge on any atom is 0.220 e. The quantitative estimate of drug-likeness (QED) is 0.822. The van der Waals surface area contributed by atoms with Gasteiger partial charge in [-0.15, -0.1) is 0 Å². The van der Waals surface area contributed by atoms with Gasteiger partial charge < -0.3 is 10.1 Å². The molecule has 3 nitrogen and oxygen atoms in total. The van der Waals surface area contributed by atoms with Crippen molar-refractivity contribution in [1.29, 1.82) is 0 Å². The third kappa shape index (κ3) is 5.50. The molecule has 1 aromatic rings. The summed E-state index contributed by atoms with van der Waals surface area (Å²) in [6.45, 7) is 5.30. The number of hydrogen-bond donors (Lipinski definition) is 1. The molecule has 17 heavy (non-hydrogen) atoms. The van der Waals surface area contributed by atoms with Gasteiger partial charge in [-0.2, -0.15) is 0 Å². The number of amides is 1. The second-order valence-electron chi connectivity index (χ2n) is 4.62. The van der Waals surface area contributed by atoms with Gasteiger partial charge in [0.05, 0.1) is 6.61 Å². The summed E-state index contributed by atoms with van der Waals surface area (Å²) < 4.78 is 5.04. The molecule has 1 amide bonds. The maximum atomic E-state index is 11.5. The topological polar surface area (TPSA) is 38.3 Å². The Morgan fingerprint density at radius 2 is 1.82 bits per heavy atom. The fourth-order valence-electron chi connectivity index (χ4n) is 1.56. The lowest BCUT2D eigenvalue weighted by Crippen LogP contribution is -2.23. The van der Waals surface area contributed by atoms with Gasteiger partial charge in [0, 0.05) is 20.1 Å². The zero-order valence-electron chi connectivity index (χ0n) is 10.8. The Kier molecular flexibility index (Phi) is 5.70. The van der Waals surface area contributed by atoms with Crippen LogP contribution in [0.5, 0.6) is 0 Å². The monoisotopic (exact) mass is 235 g/mol. The van der Waals surface area contributed by atoms with Crippen LogP contribution in [0.1, 0.15) is 31.4 Å². The van der Waals surface area contributed by atoms with Gasteiger partial charge in [0.25, 0.3) is 0 Å². The molecule has 0 atom stereocenters. The van der Waals surface area contributed by atoms with Gasteiger partial charge in [-0.3, -0.25) is 4.79 Å². The van der Waals surface area contributed by atoms with Crippen molar-refractivity contribution in [2.45, 2.75) is 33.4 Å². The molecule has 94 valence electrons. The number of carbonyl (C=O) groups excluding carboxylic acids is 1. The summed E-state index contributed by atoms with van der Waals surface area (Å²) in [6.07, 6.45) is 0.585. The highest BCUT2D eigenvalue weighted by Crippen LogP contribution is 2.06. The lowest BCUT2D eigenvalue weighted by molar-refractivity contribution is -0.121. The molecule has 0 unspecified atom stereocenters. The van der Waals surface area contributed by atoms with Crippen molar-refractivity contribution in [2.24, 2.45) is 5.92 Å². The number of benzene rings is 1. The number of hydrogen-bond acceptors (Lipinski definition) is 2. The van der Waals surface area contributed by atoms with Gasteiger partial charge >= 0.3 is 0 Å². The summed E-state index contributed by atoms with van der Waals surface area (Å²) in [5, 5.41) is 2.91. The summed E-state index contributed by atoms with van der Waals surface area (Å²) in [4.78, 5) is 11.5. The Morgan fingerprint density at radius 3 is 2.35 bits per heavy atom. The number of methoxy groups -OCH3 is 1. The van der Waals surface area contributed by atoms with E-state index in [9.17, 15) is 4.79 Å². The van der Waals surface area contributed by atoms with E-state index in [1.165, 1.54) is 0 Å². The van der Waals surface area contributed by atoms with Gasteiger partial charge in [0.15, 0.2) is 0 Å².